The zero-order chi connectivity index (χ0) is 17.4. The predicted octanol–water partition coefficient (Wildman–Crippen LogP) is 3.60. The number of nitrogens with zero attached hydrogens (tertiary/aromatic N) is 2. The summed E-state index contributed by atoms with van der Waals surface area (Å²) in [5, 5.41) is 19.4. The van der Waals surface area contributed by atoms with Crippen LogP contribution in [0.1, 0.15) is 11.1 Å². The maximum Gasteiger partial charge on any atom is 0.510 e. The Kier molecular flexibility index (Phi) is 3.65. The number of rotatable bonds is 2. The Morgan fingerprint density at radius 2 is 1.83 bits per heavy atom. The van der Waals surface area contributed by atoms with Crippen LogP contribution in [0.3, 0.4) is 0 Å². The first-order chi connectivity index (χ1) is 11.5. The predicted molar refractivity (Wildman–Crippen MR) is 89.2 cm³/mol. The molecule has 3 aromatic rings. The van der Waals surface area contributed by atoms with Gasteiger partial charge in [-0.15, -0.1) is 9.13 Å². The molecular formula is C18H15N2O4+. The molecule has 0 aliphatic heterocycles. The van der Waals surface area contributed by atoms with Gasteiger partial charge in [0.2, 0.25) is 0 Å². The third kappa shape index (κ3) is 2.16. The standard InChI is InChI=1S/C18H14N2O4/c1-3-12-8-4-5-9-13(12)16-19(17(21)22)14-10-6-7-11(2)15(14)20(16)18(23)24/h3-10H,1H2,2H3,(H-,21,22,23,24)/p+1. The SMILES string of the molecule is C=Cc1ccccc1-c1n(C(=O)O)c2cccc(C)c2[n+]1C(=O)O. The van der Waals surface area contributed by atoms with Crippen LogP contribution in [0, 0.1) is 6.92 Å². The monoisotopic (exact) mass is 323 g/mol. The van der Waals surface area contributed by atoms with Gasteiger partial charge >= 0.3 is 18.0 Å². The lowest BCUT2D eigenvalue weighted by Crippen LogP contribution is -2.44. The van der Waals surface area contributed by atoms with E-state index in [0.717, 1.165) is 9.13 Å². The van der Waals surface area contributed by atoms with E-state index in [1.807, 2.05) is 0 Å². The lowest BCUT2D eigenvalue weighted by Gasteiger charge is -2.03. The molecule has 0 unspecified atom stereocenters. The molecule has 0 amide bonds. The van der Waals surface area contributed by atoms with E-state index in [9.17, 15) is 19.8 Å². The number of aryl methyl sites for hydroxylation is 1. The Morgan fingerprint density at radius 1 is 1.12 bits per heavy atom. The largest absolute Gasteiger partial charge is 0.510 e. The van der Waals surface area contributed by atoms with Gasteiger partial charge in [-0.05, 0) is 24.6 Å². The highest BCUT2D eigenvalue weighted by molar-refractivity contribution is 5.92. The van der Waals surface area contributed by atoms with E-state index in [1.165, 1.54) is 0 Å². The second-order valence-electron chi connectivity index (χ2n) is 5.29. The zero-order valence-corrected chi connectivity index (χ0v) is 12.9. The molecule has 0 spiro atoms. The summed E-state index contributed by atoms with van der Waals surface area (Å²) in [5.74, 6) is 0.0646. The van der Waals surface area contributed by atoms with Crippen molar-refractivity contribution >= 4 is 29.3 Å². The Balaban J connectivity index is 2.60. The highest BCUT2D eigenvalue weighted by atomic mass is 16.4. The summed E-state index contributed by atoms with van der Waals surface area (Å²) in [7, 11) is 0. The maximum absolute atomic E-state index is 11.9. The van der Waals surface area contributed by atoms with Crippen LogP contribution >= 0.6 is 0 Å². The minimum atomic E-state index is -1.25. The number of carboxylic acid groups (broad SMARTS) is 2. The first-order valence-electron chi connectivity index (χ1n) is 7.22. The number of fused-ring (bicyclic) bond motifs is 1. The van der Waals surface area contributed by atoms with Crippen LogP contribution in [0.5, 0.6) is 0 Å². The normalized spacial score (nSPS) is 10.7. The summed E-state index contributed by atoms with van der Waals surface area (Å²) in [6, 6.07) is 12.0. The maximum atomic E-state index is 11.9. The number of hydrogen-bond donors (Lipinski definition) is 2. The van der Waals surface area contributed by atoms with Gasteiger partial charge in [-0.3, -0.25) is 0 Å². The Hall–Kier alpha value is -3.41. The van der Waals surface area contributed by atoms with Gasteiger partial charge in [0.1, 0.15) is 0 Å². The van der Waals surface area contributed by atoms with Crippen molar-refractivity contribution in [2.45, 2.75) is 6.92 Å². The average molecular weight is 323 g/mol. The Bertz CT molecular complexity index is 1000. The molecule has 1 aromatic heterocycles. The van der Waals surface area contributed by atoms with Gasteiger partial charge in [0.25, 0.3) is 0 Å². The van der Waals surface area contributed by atoms with E-state index in [4.69, 9.17) is 0 Å². The molecule has 24 heavy (non-hydrogen) atoms. The lowest BCUT2D eigenvalue weighted by atomic mass is 10.1. The van der Waals surface area contributed by atoms with E-state index in [-0.39, 0.29) is 5.82 Å². The van der Waals surface area contributed by atoms with Crippen molar-refractivity contribution in [3.63, 3.8) is 0 Å². The third-order valence-electron chi connectivity index (χ3n) is 3.91. The van der Waals surface area contributed by atoms with Crippen molar-refractivity contribution in [2.24, 2.45) is 0 Å². The van der Waals surface area contributed by atoms with Crippen LogP contribution in [-0.4, -0.2) is 27.0 Å². The summed E-state index contributed by atoms with van der Waals surface area (Å²) in [4.78, 5) is 23.8. The average Bonchev–Trinajstić information content (AvgIpc) is 2.91. The molecule has 3 rings (SSSR count). The first-order valence-corrected chi connectivity index (χ1v) is 7.22. The van der Waals surface area contributed by atoms with E-state index >= 15 is 0 Å². The van der Waals surface area contributed by atoms with Gasteiger partial charge in [-0.1, -0.05) is 43.0 Å². The van der Waals surface area contributed by atoms with Gasteiger partial charge in [-0.2, -0.15) is 9.59 Å². The van der Waals surface area contributed by atoms with E-state index in [1.54, 1.807) is 55.5 Å². The van der Waals surface area contributed by atoms with Gasteiger partial charge < -0.3 is 10.2 Å². The zero-order valence-electron chi connectivity index (χ0n) is 12.9. The fraction of sp³-hybridized carbons (Fsp3) is 0.0556. The molecule has 0 aliphatic carbocycles. The molecule has 0 saturated heterocycles. The van der Waals surface area contributed by atoms with Crippen molar-refractivity contribution in [3.8, 4) is 11.4 Å². The summed E-state index contributed by atoms with van der Waals surface area (Å²) < 4.78 is 2.01. The highest BCUT2D eigenvalue weighted by Gasteiger charge is 2.36. The summed E-state index contributed by atoms with van der Waals surface area (Å²) in [6.45, 7) is 5.47. The van der Waals surface area contributed by atoms with Crippen molar-refractivity contribution in [1.82, 2.24) is 4.57 Å². The summed E-state index contributed by atoms with van der Waals surface area (Å²) >= 11 is 0. The summed E-state index contributed by atoms with van der Waals surface area (Å²) in [6.07, 6.45) is -0.930. The highest BCUT2D eigenvalue weighted by Crippen LogP contribution is 2.28. The molecule has 120 valence electrons. The summed E-state index contributed by atoms with van der Waals surface area (Å²) in [5.41, 5.74) is 2.47. The number of para-hydroxylation sites is 1. The molecule has 0 radical (unpaired) electrons. The van der Waals surface area contributed by atoms with Crippen LogP contribution in [0.4, 0.5) is 9.59 Å². The van der Waals surface area contributed by atoms with Crippen molar-refractivity contribution in [3.05, 3.63) is 60.2 Å². The molecule has 0 bridgehead atoms. The smallest absolute Gasteiger partial charge is 0.446 e. The fourth-order valence-electron chi connectivity index (χ4n) is 2.93. The second kappa shape index (κ2) is 5.66. The van der Waals surface area contributed by atoms with E-state index in [0.29, 0.717) is 27.7 Å². The molecule has 2 N–H and O–H groups in total. The third-order valence-corrected chi connectivity index (χ3v) is 3.91. The Morgan fingerprint density at radius 3 is 2.46 bits per heavy atom. The van der Waals surface area contributed by atoms with Crippen molar-refractivity contribution < 1.29 is 24.4 Å². The van der Waals surface area contributed by atoms with Crippen LogP contribution in [0.15, 0.2) is 49.0 Å². The first kappa shape index (κ1) is 15.5. The molecule has 0 aliphatic rings. The second-order valence-corrected chi connectivity index (χ2v) is 5.29. The molecule has 2 aromatic carbocycles. The van der Waals surface area contributed by atoms with E-state index in [2.05, 4.69) is 6.58 Å². The molecule has 0 saturated carbocycles. The van der Waals surface area contributed by atoms with E-state index < -0.39 is 12.2 Å². The topological polar surface area (TPSA) is 83.4 Å². The molecule has 0 fully saturated rings. The number of aromatic nitrogens is 2. The van der Waals surface area contributed by atoms with Crippen molar-refractivity contribution in [2.75, 3.05) is 0 Å². The molecule has 6 nitrogen and oxygen atoms in total. The fourth-order valence-corrected chi connectivity index (χ4v) is 2.93. The Labute approximate surface area is 137 Å². The van der Waals surface area contributed by atoms with Crippen molar-refractivity contribution in [1.29, 1.82) is 0 Å². The van der Waals surface area contributed by atoms with Gasteiger partial charge in [0, 0.05) is 5.56 Å². The minimum absolute atomic E-state index is 0.0646. The van der Waals surface area contributed by atoms with Gasteiger partial charge in [0.15, 0.2) is 11.0 Å². The number of hydrogen-bond acceptors (Lipinski definition) is 2. The molecule has 0 atom stereocenters. The molecule has 6 heteroatoms. The van der Waals surface area contributed by atoms with Crippen LogP contribution in [-0.2, 0) is 0 Å². The molecule has 1 heterocycles. The molecular weight excluding hydrogens is 308 g/mol. The van der Waals surface area contributed by atoms with Gasteiger partial charge in [-0.25, -0.2) is 0 Å². The van der Waals surface area contributed by atoms with Crippen LogP contribution in [0.25, 0.3) is 28.5 Å². The minimum Gasteiger partial charge on any atom is -0.446 e. The number of benzene rings is 2. The quantitative estimate of drug-likeness (QED) is 0.706. The van der Waals surface area contributed by atoms with Gasteiger partial charge in [0.05, 0.1) is 5.56 Å². The number of carbonyl (C=O) groups is 2. The van der Waals surface area contributed by atoms with Crippen LogP contribution in [0.2, 0.25) is 0 Å². The lowest BCUT2D eigenvalue weighted by molar-refractivity contribution is -0.545. The number of imidazole rings is 1. The van der Waals surface area contributed by atoms with Crippen LogP contribution < -0.4 is 4.57 Å².